The van der Waals surface area contributed by atoms with Crippen LogP contribution in [0.3, 0.4) is 0 Å². The van der Waals surface area contributed by atoms with Crippen LogP contribution in [0.15, 0.2) is 4.99 Å². The highest BCUT2D eigenvalue weighted by molar-refractivity contribution is 14.0. The Labute approximate surface area is 169 Å². The highest BCUT2D eigenvalue weighted by Gasteiger charge is 2.35. The molecule has 0 aliphatic carbocycles. The van der Waals surface area contributed by atoms with E-state index in [1.54, 1.807) is 7.05 Å². The standard InChI is InChI=1S/C17H33N3O3S.HI/c1-17(2,3)15-14(6-5-8-23-15)11-20-16(18-4)19-10-13-7-9-24(21,22)12-13;/h13-15H,5-12H2,1-4H3,(H2,18,19,20);1H. The van der Waals surface area contributed by atoms with Gasteiger partial charge in [-0.1, -0.05) is 20.8 Å². The molecule has 0 radical (unpaired) electrons. The fourth-order valence-corrected chi connectivity index (χ4v) is 5.59. The predicted molar refractivity (Wildman–Crippen MR) is 113 cm³/mol. The van der Waals surface area contributed by atoms with Crippen molar-refractivity contribution in [2.75, 3.05) is 38.2 Å². The van der Waals surface area contributed by atoms with Crippen LogP contribution in [-0.4, -0.2) is 58.7 Å². The largest absolute Gasteiger partial charge is 0.377 e. The lowest BCUT2D eigenvalue weighted by Gasteiger charge is -2.40. The zero-order chi connectivity index (χ0) is 17.8. The monoisotopic (exact) mass is 487 g/mol. The van der Waals surface area contributed by atoms with Crippen LogP contribution in [0, 0.1) is 17.3 Å². The van der Waals surface area contributed by atoms with Gasteiger partial charge in [0, 0.05) is 32.7 Å². The second-order valence-corrected chi connectivity index (χ2v) is 10.4. The number of ether oxygens (including phenoxy) is 1. The molecule has 3 atom stereocenters. The third kappa shape index (κ3) is 7.21. The molecule has 148 valence electrons. The minimum absolute atomic E-state index is 0. The second kappa shape index (κ2) is 9.73. The van der Waals surface area contributed by atoms with Crippen LogP contribution in [0.1, 0.15) is 40.0 Å². The third-order valence-electron chi connectivity index (χ3n) is 4.94. The topological polar surface area (TPSA) is 79.8 Å². The molecule has 2 saturated heterocycles. The Morgan fingerprint density at radius 3 is 2.44 bits per heavy atom. The van der Waals surface area contributed by atoms with Gasteiger partial charge in [-0.15, -0.1) is 24.0 Å². The van der Waals surface area contributed by atoms with Crippen LogP contribution in [-0.2, 0) is 14.6 Å². The molecule has 6 nitrogen and oxygen atoms in total. The number of sulfone groups is 1. The predicted octanol–water partition coefficient (Wildman–Crippen LogP) is 2.05. The highest BCUT2D eigenvalue weighted by atomic mass is 127. The van der Waals surface area contributed by atoms with Gasteiger partial charge in [0.2, 0.25) is 0 Å². The normalized spacial score (nSPS) is 29.8. The van der Waals surface area contributed by atoms with Gasteiger partial charge in [0.15, 0.2) is 15.8 Å². The Balaban J connectivity index is 0.00000312. The van der Waals surface area contributed by atoms with Gasteiger partial charge in [-0.05, 0) is 30.6 Å². The van der Waals surface area contributed by atoms with E-state index in [4.69, 9.17) is 4.74 Å². The van der Waals surface area contributed by atoms with Crippen LogP contribution >= 0.6 is 24.0 Å². The van der Waals surface area contributed by atoms with Crippen molar-refractivity contribution in [2.45, 2.75) is 46.1 Å². The number of nitrogens with zero attached hydrogens (tertiary/aromatic N) is 1. The van der Waals surface area contributed by atoms with Gasteiger partial charge in [-0.25, -0.2) is 8.42 Å². The number of hydrogen-bond acceptors (Lipinski definition) is 4. The molecule has 2 fully saturated rings. The fourth-order valence-electron chi connectivity index (χ4n) is 3.73. The van der Waals surface area contributed by atoms with Gasteiger partial charge in [0.1, 0.15) is 0 Å². The molecule has 2 aliphatic rings. The van der Waals surface area contributed by atoms with Gasteiger partial charge in [-0.3, -0.25) is 4.99 Å². The van der Waals surface area contributed by atoms with E-state index in [1.165, 1.54) is 0 Å². The van der Waals surface area contributed by atoms with Gasteiger partial charge < -0.3 is 15.4 Å². The molecule has 0 saturated carbocycles. The maximum Gasteiger partial charge on any atom is 0.190 e. The van der Waals surface area contributed by atoms with Gasteiger partial charge in [-0.2, -0.15) is 0 Å². The molecule has 2 rings (SSSR count). The van der Waals surface area contributed by atoms with Crippen LogP contribution in [0.25, 0.3) is 0 Å². The number of nitrogens with one attached hydrogen (secondary N) is 2. The minimum atomic E-state index is -2.82. The van der Waals surface area contributed by atoms with Crippen molar-refractivity contribution in [3.63, 3.8) is 0 Å². The van der Waals surface area contributed by atoms with Crippen molar-refractivity contribution in [2.24, 2.45) is 22.2 Å². The smallest absolute Gasteiger partial charge is 0.190 e. The van der Waals surface area contributed by atoms with Crippen LogP contribution in [0.4, 0.5) is 0 Å². The lowest BCUT2D eigenvalue weighted by Crippen LogP contribution is -2.48. The molecule has 3 unspecified atom stereocenters. The summed E-state index contributed by atoms with van der Waals surface area (Å²) in [5.74, 6) is 2.01. The van der Waals surface area contributed by atoms with E-state index in [1.807, 2.05) is 0 Å². The fraction of sp³-hybridized carbons (Fsp3) is 0.941. The van der Waals surface area contributed by atoms with Crippen molar-refractivity contribution in [1.82, 2.24) is 10.6 Å². The summed E-state index contributed by atoms with van der Waals surface area (Å²) in [5, 5.41) is 6.67. The quantitative estimate of drug-likeness (QED) is 0.361. The van der Waals surface area contributed by atoms with Crippen molar-refractivity contribution in [3.05, 3.63) is 0 Å². The molecule has 2 N–H and O–H groups in total. The molecule has 25 heavy (non-hydrogen) atoms. The van der Waals surface area contributed by atoms with E-state index >= 15 is 0 Å². The number of rotatable bonds is 4. The van der Waals surface area contributed by atoms with E-state index in [-0.39, 0.29) is 41.4 Å². The molecule has 0 amide bonds. The maximum absolute atomic E-state index is 11.5. The molecule has 2 aliphatic heterocycles. The lowest BCUT2D eigenvalue weighted by atomic mass is 9.78. The average Bonchev–Trinajstić information content (AvgIpc) is 2.86. The summed E-state index contributed by atoms with van der Waals surface area (Å²) in [6, 6.07) is 0. The molecule has 0 spiro atoms. The van der Waals surface area contributed by atoms with E-state index in [2.05, 4.69) is 36.4 Å². The molecule has 0 aromatic heterocycles. The van der Waals surface area contributed by atoms with Gasteiger partial charge in [0.25, 0.3) is 0 Å². The van der Waals surface area contributed by atoms with Gasteiger partial charge >= 0.3 is 0 Å². The van der Waals surface area contributed by atoms with Crippen LogP contribution in [0.2, 0.25) is 0 Å². The van der Waals surface area contributed by atoms with E-state index in [0.717, 1.165) is 38.4 Å². The molecule has 2 heterocycles. The lowest BCUT2D eigenvalue weighted by molar-refractivity contribution is -0.0835. The van der Waals surface area contributed by atoms with Crippen molar-refractivity contribution >= 4 is 39.8 Å². The second-order valence-electron chi connectivity index (χ2n) is 8.16. The Morgan fingerprint density at radius 1 is 1.20 bits per heavy atom. The number of hydrogen-bond donors (Lipinski definition) is 2. The molecule has 0 aromatic carbocycles. The summed E-state index contributed by atoms with van der Waals surface area (Å²) in [4.78, 5) is 4.26. The molecular weight excluding hydrogens is 453 g/mol. The maximum atomic E-state index is 11.5. The first-order valence-corrected chi connectivity index (χ1v) is 10.8. The first-order valence-electron chi connectivity index (χ1n) is 8.98. The first-order chi connectivity index (χ1) is 11.2. The molecule has 0 bridgehead atoms. The summed E-state index contributed by atoms with van der Waals surface area (Å²) in [6.45, 7) is 9.01. The minimum Gasteiger partial charge on any atom is -0.377 e. The Kier molecular flexibility index (Phi) is 8.93. The molecule has 0 aromatic rings. The summed E-state index contributed by atoms with van der Waals surface area (Å²) in [7, 11) is -1.07. The van der Waals surface area contributed by atoms with Gasteiger partial charge in [0.05, 0.1) is 17.6 Å². The van der Waals surface area contributed by atoms with Crippen LogP contribution in [0.5, 0.6) is 0 Å². The third-order valence-corrected chi connectivity index (χ3v) is 6.78. The summed E-state index contributed by atoms with van der Waals surface area (Å²) in [6.07, 6.45) is 3.25. The Morgan fingerprint density at radius 2 is 1.88 bits per heavy atom. The van der Waals surface area contributed by atoms with E-state index < -0.39 is 9.84 Å². The average molecular weight is 487 g/mol. The Hall–Kier alpha value is -0.0900. The summed E-state index contributed by atoms with van der Waals surface area (Å²) in [5.41, 5.74) is 0.127. The van der Waals surface area contributed by atoms with E-state index in [0.29, 0.717) is 24.0 Å². The number of aliphatic imine (C=N–C) groups is 1. The van der Waals surface area contributed by atoms with Crippen molar-refractivity contribution < 1.29 is 13.2 Å². The number of halogens is 1. The summed E-state index contributed by atoms with van der Waals surface area (Å²) >= 11 is 0. The molecular formula is C17H34IN3O3S. The molecule has 8 heteroatoms. The Bertz CT molecular complexity index is 546. The van der Waals surface area contributed by atoms with E-state index in [9.17, 15) is 8.42 Å². The zero-order valence-electron chi connectivity index (χ0n) is 15.9. The zero-order valence-corrected chi connectivity index (χ0v) is 19.0. The van der Waals surface area contributed by atoms with Crippen molar-refractivity contribution in [3.8, 4) is 0 Å². The summed E-state index contributed by atoms with van der Waals surface area (Å²) < 4.78 is 29.1. The van der Waals surface area contributed by atoms with Crippen LogP contribution < -0.4 is 10.6 Å². The first kappa shape index (κ1) is 23.0. The van der Waals surface area contributed by atoms with Crippen molar-refractivity contribution in [1.29, 1.82) is 0 Å². The number of guanidine groups is 1. The SMILES string of the molecule is CN=C(NCC1CCS(=O)(=O)C1)NCC1CCCOC1C(C)(C)C.I. The highest BCUT2D eigenvalue weighted by Crippen LogP contribution is 2.33.